The average molecular weight is 390 g/mol. The van der Waals surface area contributed by atoms with Gasteiger partial charge in [-0.05, 0) is 62.6 Å². The Morgan fingerprint density at radius 1 is 1.31 bits per heavy atom. The third-order valence-electron chi connectivity index (χ3n) is 5.63. The molecule has 150 valence electrons. The van der Waals surface area contributed by atoms with Gasteiger partial charge in [0.1, 0.15) is 23.2 Å². The molecule has 0 aliphatic heterocycles. The molecule has 4 rings (SSSR count). The number of anilines is 1. The molecule has 3 aromatic rings. The van der Waals surface area contributed by atoms with Crippen molar-refractivity contribution in [1.82, 2.24) is 19.4 Å². The van der Waals surface area contributed by atoms with Gasteiger partial charge in [-0.1, -0.05) is 6.92 Å². The Bertz CT molecular complexity index is 1050. The average Bonchev–Trinajstić information content (AvgIpc) is 3.10. The molecule has 1 saturated carbocycles. The van der Waals surface area contributed by atoms with Gasteiger partial charge in [-0.2, -0.15) is 5.26 Å². The number of fused-ring (bicyclic) bond motifs is 1. The summed E-state index contributed by atoms with van der Waals surface area (Å²) in [7, 11) is 0. The van der Waals surface area contributed by atoms with Crippen LogP contribution in [0.4, 0.5) is 5.82 Å². The number of imidazole rings is 1. The summed E-state index contributed by atoms with van der Waals surface area (Å²) in [5, 5.41) is 23.0. The van der Waals surface area contributed by atoms with E-state index in [0.717, 1.165) is 49.4 Å². The number of nitriles is 1. The molecule has 29 heavy (non-hydrogen) atoms. The highest BCUT2D eigenvalue weighted by molar-refractivity contribution is 5.59. The smallest absolute Gasteiger partial charge is 0.180 e. The fourth-order valence-electron chi connectivity index (χ4n) is 4.61. The molecule has 1 fully saturated rings. The molecule has 0 amide bonds. The summed E-state index contributed by atoms with van der Waals surface area (Å²) in [6, 6.07) is 7.56. The molecular formula is C22H26N6O. The van der Waals surface area contributed by atoms with Crippen LogP contribution in [0.5, 0.6) is 0 Å². The van der Waals surface area contributed by atoms with Gasteiger partial charge in [-0.15, -0.1) is 0 Å². The van der Waals surface area contributed by atoms with E-state index in [1.807, 2.05) is 23.5 Å². The third-order valence-corrected chi connectivity index (χ3v) is 5.63. The monoisotopic (exact) mass is 390 g/mol. The fraction of sp³-hybridized carbons (Fsp3) is 0.455. The van der Waals surface area contributed by atoms with E-state index >= 15 is 0 Å². The predicted molar refractivity (Wildman–Crippen MR) is 111 cm³/mol. The zero-order chi connectivity index (χ0) is 20.4. The van der Waals surface area contributed by atoms with E-state index in [-0.39, 0.29) is 0 Å². The quantitative estimate of drug-likeness (QED) is 0.690. The minimum Gasteiger partial charge on any atom is -0.390 e. The van der Waals surface area contributed by atoms with Crippen LogP contribution in [-0.4, -0.2) is 36.6 Å². The largest absolute Gasteiger partial charge is 0.390 e. The Balaban J connectivity index is 1.45. The molecule has 2 N–H and O–H groups in total. The van der Waals surface area contributed by atoms with Gasteiger partial charge >= 0.3 is 0 Å². The third kappa shape index (κ3) is 4.38. The van der Waals surface area contributed by atoms with E-state index in [4.69, 9.17) is 5.26 Å². The summed E-state index contributed by atoms with van der Waals surface area (Å²) in [6.07, 6.45) is 9.11. The minimum atomic E-state index is -0.546. The first kappa shape index (κ1) is 19.3. The first-order valence-electron chi connectivity index (χ1n) is 10.1. The van der Waals surface area contributed by atoms with Gasteiger partial charge in [0.25, 0.3) is 0 Å². The zero-order valence-corrected chi connectivity index (χ0v) is 16.8. The number of aromatic nitrogens is 4. The van der Waals surface area contributed by atoms with Gasteiger partial charge in [-0.25, -0.2) is 15.0 Å². The Kier molecular flexibility index (Phi) is 5.20. The van der Waals surface area contributed by atoms with Crippen LogP contribution in [0.25, 0.3) is 17.2 Å². The van der Waals surface area contributed by atoms with E-state index in [0.29, 0.717) is 23.2 Å². The van der Waals surface area contributed by atoms with E-state index in [1.54, 1.807) is 24.7 Å². The maximum atomic E-state index is 10.4. The van der Waals surface area contributed by atoms with Crippen molar-refractivity contribution in [2.24, 2.45) is 11.8 Å². The SMILES string of the molecule is CC1CC(CCNc2ccnc(-c3cnc4ccc(C#N)cn34)n2)CC(C)(O)C1. The van der Waals surface area contributed by atoms with E-state index in [2.05, 4.69) is 33.3 Å². The van der Waals surface area contributed by atoms with Crippen LogP contribution in [0.15, 0.2) is 36.8 Å². The van der Waals surface area contributed by atoms with Gasteiger partial charge < -0.3 is 10.4 Å². The molecule has 3 heterocycles. The van der Waals surface area contributed by atoms with Crippen molar-refractivity contribution in [2.45, 2.75) is 45.1 Å². The van der Waals surface area contributed by atoms with Gasteiger partial charge in [0.2, 0.25) is 0 Å². The van der Waals surface area contributed by atoms with E-state index in [1.165, 1.54) is 0 Å². The number of hydrogen-bond donors (Lipinski definition) is 2. The fourth-order valence-corrected chi connectivity index (χ4v) is 4.61. The lowest BCUT2D eigenvalue weighted by Crippen LogP contribution is -2.36. The summed E-state index contributed by atoms with van der Waals surface area (Å²) in [6.45, 7) is 4.97. The topological polar surface area (TPSA) is 99.1 Å². The summed E-state index contributed by atoms with van der Waals surface area (Å²) >= 11 is 0. The van der Waals surface area contributed by atoms with Crippen molar-refractivity contribution in [3.8, 4) is 17.6 Å². The van der Waals surface area contributed by atoms with Crippen LogP contribution >= 0.6 is 0 Å². The minimum absolute atomic E-state index is 0.519. The highest BCUT2D eigenvalue weighted by Gasteiger charge is 2.33. The molecule has 0 radical (unpaired) electrons. The predicted octanol–water partition coefficient (Wildman–Crippen LogP) is 3.65. The standard InChI is InChI=1S/C22H26N6O/c1-15-9-16(11-22(2,29)10-15)5-7-24-19-6-8-25-21(27-19)18-13-26-20-4-3-17(12-23)14-28(18)20/h3-4,6,8,13-16,29H,5,7,9-11H2,1-2H3,(H,24,25,27). The van der Waals surface area contributed by atoms with E-state index in [9.17, 15) is 5.11 Å². The Morgan fingerprint density at radius 2 is 2.17 bits per heavy atom. The van der Waals surface area contributed by atoms with E-state index < -0.39 is 5.60 Å². The number of nitrogens with zero attached hydrogens (tertiary/aromatic N) is 5. The molecule has 0 spiro atoms. The van der Waals surface area contributed by atoms with Crippen LogP contribution in [-0.2, 0) is 0 Å². The second-order valence-corrected chi connectivity index (χ2v) is 8.49. The molecule has 0 bridgehead atoms. The van der Waals surface area contributed by atoms with Gasteiger partial charge in [-0.3, -0.25) is 4.40 Å². The van der Waals surface area contributed by atoms with Crippen LogP contribution in [0.3, 0.4) is 0 Å². The number of rotatable bonds is 5. The van der Waals surface area contributed by atoms with Crippen LogP contribution < -0.4 is 5.32 Å². The molecule has 7 nitrogen and oxygen atoms in total. The molecule has 3 atom stereocenters. The molecular weight excluding hydrogens is 364 g/mol. The molecule has 3 aromatic heterocycles. The van der Waals surface area contributed by atoms with Crippen LogP contribution in [0, 0.1) is 23.2 Å². The Morgan fingerprint density at radius 3 is 2.97 bits per heavy atom. The van der Waals surface area contributed by atoms with Crippen molar-refractivity contribution in [3.63, 3.8) is 0 Å². The number of nitrogens with one attached hydrogen (secondary N) is 1. The van der Waals surface area contributed by atoms with Gasteiger partial charge in [0, 0.05) is 18.9 Å². The van der Waals surface area contributed by atoms with Crippen molar-refractivity contribution in [3.05, 3.63) is 42.4 Å². The first-order valence-corrected chi connectivity index (χ1v) is 10.1. The second kappa shape index (κ2) is 7.80. The highest BCUT2D eigenvalue weighted by atomic mass is 16.3. The summed E-state index contributed by atoms with van der Waals surface area (Å²) in [5.41, 5.74) is 1.51. The maximum absolute atomic E-state index is 10.4. The summed E-state index contributed by atoms with van der Waals surface area (Å²) in [5.74, 6) is 2.40. The lowest BCUT2D eigenvalue weighted by molar-refractivity contribution is -0.0192. The summed E-state index contributed by atoms with van der Waals surface area (Å²) < 4.78 is 1.84. The Labute approximate surface area is 170 Å². The number of aliphatic hydroxyl groups is 1. The van der Waals surface area contributed by atoms with Crippen molar-refractivity contribution in [2.75, 3.05) is 11.9 Å². The maximum Gasteiger partial charge on any atom is 0.180 e. The molecule has 7 heteroatoms. The van der Waals surface area contributed by atoms with Crippen LogP contribution in [0.1, 0.15) is 45.1 Å². The number of pyridine rings is 1. The van der Waals surface area contributed by atoms with Gasteiger partial charge in [0.05, 0.1) is 17.4 Å². The lowest BCUT2D eigenvalue weighted by atomic mass is 9.73. The Hall–Kier alpha value is -2.98. The van der Waals surface area contributed by atoms with Crippen molar-refractivity contribution in [1.29, 1.82) is 5.26 Å². The first-order chi connectivity index (χ1) is 13.9. The lowest BCUT2D eigenvalue weighted by Gasteiger charge is -2.37. The molecule has 1 aliphatic carbocycles. The molecule has 3 unspecified atom stereocenters. The summed E-state index contributed by atoms with van der Waals surface area (Å²) in [4.78, 5) is 13.4. The molecule has 0 aromatic carbocycles. The molecule has 1 aliphatic rings. The van der Waals surface area contributed by atoms with Crippen LogP contribution in [0.2, 0.25) is 0 Å². The van der Waals surface area contributed by atoms with Crippen molar-refractivity contribution < 1.29 is 5.11 Å². The zero-order valence-electron chi connectivity index (χ0n) is 16.8. The highest BCUT2D eigenvalue weighted by Crippen LogP contribution is 2.37. The number of hydrogen-bond acceptors (Lipinski definition) is 6. The van der Waals surface area contributed by atoms with Gasteiger partial charge in [0.15, 0.2) is 5.82 Å². The van der Waals surface area contributed by atoms with Crippen molar-refractivity contribution >= 4 is 11.5 Å². The normalized spacial score (nSPS) is 24.3. The molecule has 0 saturated heterocycles. The second-order valence-electron chi connectivity index (χ2n) is 8.49.